The fourth-order valence-electron chi connectivity index (χ4n) is 13.3. The number of para-hydroxylation sites is 2. The lowest BCUT2D eigenvalue weighted by Gasteiger charge is -2.46. The molecular weight excluding hydrogens is 990 g/mol. The molecule has 0 aliphatic carbocycles. The molecule has 0 bridgehead atoms. The normalized spacial score (nSPS) is 13.1. The van der Waals surface area contributed by atoms with Crippen LogP contribution in [0.25, 0.3) is 72.0 Å². The number of fused-ring (bicyclic) bond motifs is 8. The summed E-state index contributed by atoms with van der Waals surface area (Å²) in [6.45, 7) is 21.0. The van der Waals surface area contributed by atoms with Crippen molar-refractivity contribution in [2.24, 2.45) is 0 Å². The first-order valence-corrected chi connectivity index (χ1v) is 29.2. The van der Waals surface area contributed by atoms with E-state index in [9.17, 15) is 0 Å². The second kappa shape index (κ2) is 19.3. The Morgan fingerprint density at radius 2 is 0.707 bits per heavy atom. The molecule has 3 nitrogen and oxygen atoms in total. The minimum atomic E-state index is -0.167. The number of nitrogens with zero attached hydrogens (tertiary/aromatic N) is 3. The molecule has 0 saturated carbocycles. The van der Waals surface area contributed by atoms with Crippen molar-refractivity contribution in [1.29, 1.82) is 0 Å². The van der Waals surface area contributed by atoms with E-state index in [1.165, 1.54) is 128 Å². The highest BCUT2D eigenvalue weighted by atomic mass is 15.2. The van der Waals surface area contributed by atoms with Gasteiger partial charge in [0.25, 0.3) is 6.71 Å². The van der Waals surface area contributed by atoms with Crippen LogP contribution in [-0.2, 0) is 16.2 Å². The quantitative estimate of drug-likeness (QED) is 0.147. The van der Waals surface area contributed by atoms with Crippen LogP contribution in [0.15, 0.2) is 249 Å². The van der Waals surface area contributed by atoms with Gasteiger partial charge in [0.05, 0.1) is 22.4 Å². The zero-order valence-electron chi connectivity index (χ0n) is 48.6. The summed E-state index contributed by atoms with van der Waals surface area (Å²) in [5.74, 6) is 0. The highest BCUT2D eigenvalue weighted by molar-refractivity contribution is 7.02. The highest BCUT2D eigenvalue weighted by Gasteiger charge is 2.47. The molecule has 0 spiro atoms. The van der Waals surface area contributed by atoms with E-state index >= 15 is 0 Å². The third kappa shape index (κ3) is 8.33. The molecule has 0 N–H and O–H groups in total. The lowest BCUT2D eigenvalue weighted by molar-refractivity contribution is 0.590. The predicted molar refractivity (Wildman–Crippen MR) is 353 cm³/mol. The Balaban J connectivity index is 1.20. The topological polar surface area (TPSA) is 11.4 Å². The molecule has 11 aromatic carbocycles. The number of rotatable bonds is 7. The van der Waals surface area contributed by atoms with Gasteiger partial charge in [0.2, 0.25) is 0 Å². The molecule has 0 amide bonds. The number of aromatic nitrogens is 1. The Hall–Kier alpha value is -9.12. The summed E-state index contributed by atoms with van der Waals surface area (Å²) in [5, 5.41) is 2.50. The predicted octanol–water partition coefficient (Wildman–Crippen LogP) is 19.4. The number of hydrogen-bond donors (Lipinski definition) is 0. The molecule has 0 saturated heterocycles. The van der Waals surface area contributed by atoms with E-state index in [0.29, 0.717) is 0 Å². The average molecular weight is 1060 g/mol. The fourth-order valence-corrected chi connectivity index (χ4v) is 13.3. The van der Waals surface area contributed by atoms with Crippen molar-refractivity contribution in [2.75, 3.05) is 9.80 Å². The summed E-state index contributed by atoms with van der Waals surface area (Å²) < 4.78 is 2.49. The molecule has 4 heteroatoms. The number of hydrogen-bond acceptors (Lipinski definition) is 2. The Labute approximate surface area is 484 Å². The van der Waals surface area contributed by atoms with Gasteiger partial charge in [-0.25, -0.2) is 0 Å². The molecule has 12 aromatic rings. The molecule has 82 heavy (non-hydrogen) atoms. The van der Waals surface area contributed by atoms with E-state index in [1.54, 1.807) is 0 Å². The molecule has 0 radical (unpaired) electrons. The van der Waals surface area contributed by atoms with Gasteiger partial charge in [-0.3, -0.25) is 0 Å². The Morgan fingerprint density at radius 1 is 0.305 bits per heavy atom. The van der Waals surface area contributed by atoms with Gasteiger partial charge in [0.15, 0.2) is 0 Å². The molecule has 14 rings (SSSR count). The first kappa shape index (κ1) is 51.1. The van der Waals surface area contributed by atoms with Crippen LogP contribution in [-0.4, -0.2) is 11.3 Å². The van der Waals surface area contributed by atoms with Crippen molar-refractivity contribution in [1.82, 2.24) is 4.57 Å². The highest BCUT2D eigenvalue weighted by Crippen LogP contribution is 2.55. The summed E-state index contributed by atoms with van der Waals surface area (Å²) in [6.07, 6.45) is 0. The summed E-state index contributed by atoms with van der Waals surface area (Å²) in [4.78, 5) is 5.37. The minimum absolute atomic E-state index is 0.133. The van der Waals surface area contributed by atoms with Crippen molar-refractivity contribution >= 4 is 79.0 Å². The van der Waals surface area contributed by atoms with Crippen LogP contribution in [0.4, 0.5) is 34.1 Å². The van der Waals surface area contributed by atoms with Gasteiger partial charge in [-0.15, -0.1) is 0 Å². The maximum atomic E-state index is 2.69. The molecule has 0 fully saturated rings. The smallest absolute Gasteiger partial charge is 0.253 e. The summed E-state index contributed by atoms with van der Waals surface area (Å²) >= 11 is 0. The van der Waals surface area contributed by atoms with Crippen LogP contribution in [0.3, 0.4) is 0 Å². The van der Waals surface area contributed by atoms with Gasteiger partial charge < -0.3 is 14.4 Å². The van der Waals surface area contributed by atoms with Crippen molar-refractivity contribution < 1.29 is 0 Å². The van der Waals surface area contributed by atoms with Crippen molar-refractivity contribution in [2.45, 2.75) is 78.6 Å². The zero-order valence-corrected chi connectivity index (χ0v) is 48.6. The van der Waals surface area contributed by atoms with Crippen LogP contribution in [0.5, 0.6) is 0 Å². The van der Waals surface area contributed by atoms with Crippen LogP contribution in [0, 0.1) is 0 Å². The first-order valence-electron chi connectivity index (χ1n) is 29.2. The van der Waals surface area contributed by atoms with E-state index in [4.69, 9.17) is 0 Å². The van der Waals surface area contributed by atoms with Crippen LogP contribution in [0.2, 0.25) is 0 Å². The molecule has 1 aromatic heterocycles. The van der Waals surface area contributed by atoms with E-state index in [0.717, 1.165) is 11.4 Å². The maximum Gasteiger partial charge on any atom is 0.253 e. The van der Waals surface area contributed by atoms with E-state index < -0.39 is 0 Å². The summed E-state index contributed by atoms with van der Waals surface area (Å²) in [6, 6.07) is 94.0. The summed E-state index contributed by atoms with van der Waals surface area (Å²) in [7, 11) is 0. The third-order valence-corrected chi connectivity index (χ3v) is 17.4. The van der Waals surface area contributed by atoms with E-state index in [-0.39, 0.29) is 23.0 Å². The van der Waals surface area contributed by atoms with Gasteiger partial charge in [-0.1, -0.05) is 238 Å². The lowest BCUT2D eigenvalue weighted by Crippen LogP contribution is -2.61. The minimum Gasteiger partial charge on any atom is -0.310 e. The fraction of sp³-hybridized carbons (Fsp3) is 0.154. The monoisotopic (exact) mass is 1060 g/mol. The number of benzene rings is 11. The Bertz CT molecular complexity index is 4300. The second-order valence-electron chi connectivity index (χ2n) is 25.7. The second-order valence-corrected chi connectivity index (χ2v) is 25.7. The maximum absolute atomic E-state index is 2.69. The Kier molecular flexibility index (Phi) is 12.0. The average Bonchev–Trinajstić information content (AvgIpc) is 1.65. The molecule has 3 heterocycles. The third-order valence-electron chi connectivity index (χ3n) is 17.4. The largest absolute Gasteiger partial charge is 0.310 e. The van der Waals surface area contributed by atoms with E-state index in [2.05, 4.69) is 325 Å². The molecule has 0 unspecified atom stereocenters. The van der Waals surface area contributed by atoms with Crippen molar-refractivity contribution in [3.63, 3.8) is 0 Å². The molecule has 2 aliphatic heterocycles. The van der Waals surface area contributed by atoms with Crippen molar-refractivity contribution in [3.8, 4) is 50.2 Å². The molecule has 0 atom stereocenters. The molecular formula is C78H68BN3. The van der Waals surface area contributed by atoms with Crippen LogP contribution < -0.4 is 26.2 Å². The lowest BCUT2D eigenvalue weighted by atomic mass is 9.33. The standard InChI is InChI=1S/C78H68BN3/c1-76(2,3)55-42-43-64-70(50-55)82(75-62(53-32-19-12-20-33-53)48-57(78(7,8)9)49-63(75)54-34-21-13-22-35-54)68-41-27-40-67-72(68)79(64)73-69(45-44-66-71(73)59-38-25-26-39-65(59)80(66)58-36-23-14-24-37-58)81(67)74-60(51-28-15-10-16-29-51)46-56(77(4,5)6)47-61(74)52-30-17-11-18-31-52/h10-50H,1-9H3. The summed E-state index contributed by atoms with van der Waals surface area (Å²) in [5.41, 5.74) is 27.4. The Morgan fingerprint density at radius 3 is 1.16 bits per heavy atom. The van der Waals surface area contributed by atoms with Crippen LogP contribution >= 0.6 is 0 Å². The first-order chi connectivity index (χ1) is 39.6. The molecule has 398 valence electrons. The van der Waals surface area contributed by atoms with Gasteiger partial charge in [-0.05, 0) is 144 Å². The van der Waals surface area contributed by atoms with Crippen molar-refractivity contribution in [3.05, 3.63) is 265 Å². The van der Waals surface area contributed by atoms with Gasteiger partial charge >= 0.3 is 0 Å². The SMILES string of the molecule is CC(C)(C)c1cc(-c2ccccc2)c(N2c3cc(C(C)(C)C)ccc3B3c4c2cccc4N(c2c(-c4ccccc4)cc(C(C)(C)C)cc2-c2ccccc2)c2ccc4c(c23)c2ccccc2n4-c2ccccc2)c(-c2ccccc2)c1. The number of anilines is 6. The van der Waals surface area contributed by atoms with Gasteiger partial charge in [0, 0.05) is 61.5 Å². The van der Waals surface area contributed by atoms with E-state index in [1.807, 2.05) is 0 Å². The van der Waals surface area contributed by atoms with Crippen LogP contribution in [0.1, 0.15) is 79.0 Å². The zero-order chi connectivity index (χ0) is 56.2. The van der Waals surface area contributed by atoms with Gasteiger partial charge in [0.1, 0.15) is 0 Å². The van der Waals surface area contributed by atoms with Gasteiger partial charge in [-0.2, -0.15) is 0 Å². The molecule has 2 aliphatic rings.